The SMILES string of the molecule is Cc1oc2nc1C(=O)NC(C(C)C)c1nc(cs1)C(=O)NCCN(C(=O)[C@@H]1CC[C@H](C)N1)CCCC(=O)N[C@H]2Cc1ccccc1. The Labute approximate surface area is 273 Å². The van der Waals surface area contributed by atoms with E-state index in [1.807, 2.05) is 44.2 Å². The molecule has 13 heteroatoms. The van der Waals surface area contributed by atoms with E-state index in [2.05, 4.69) is 38.2 Å². The van der Waals surface area contributed by atoms with Gasteiger partial charge in [-0.05, 0) is 44.6 Å². The highest BCUT2D eigenvalue weighted by atomic mass is 32.1. The first-order chi connectivity index (χ1) is 22.1. The fourth-order valence-corrected chi connectivity index (χ4v) is 6.87. The van der Waals surface area contributed by atoms with E-state index in [9.17, 15) is 19.2 Å². The van der Waals surface area contributed by atoms with E-state index < -0.39 is 18.0 Å². The van der Waals surface area contributed by atoms with E-state index >= 15 is 0 Å². The van der Waals surface area contributed by atoms with Gasteiger partial charge in [0.2, 0.25) is 17.7 Å². The van der Waals surface area contributed by atoms with Crippen molar-refractivity contribution >= 4 is 35.0 Å². The van der Waals surface area contributed by atoms with Crippen LogP contribution >= 0.6 is 11.3 Å². The molecule has 4 atom stereocenters. The molecule has 0 aliphatic carbocycles. The summed E-state index contributed by atoms with van der Waals surface area (Å²) in [6.07, 6.45) is 2.67. The van der Waals surface area contributed by atoms with Crippen molar-refractivity contribution in [1.82, 2.24) is 36.1 Å². The average molecular weight is 650 g/mol. The van der Waals surface area contributed by atoms with E-state index in [1.54, 1.807) is 17.2 Å². The van der Waals surface area contributed by atoms with Gasteiger partial charge in [-0.25, -0.2) is 9.97 Å². The number of carbonyl (C=O) groups is 4. The molecule has 1 unspecified atom stereocenters. The van der Waals surface area contributed by atoms with Crippen LogP contribution in [-0.2, 0) is 16.0 Å². The number of hydrogen-bond acceptors (Lipinski definition) is 9. The largest absolute Gasteiger partial charge is 0.443 e. The Morgan fingerprint density at radius 2 is 1.85 bits per heavy atom. The second kappa shape index (κ2) is 15.0. The molecule has 46 heavy (non-hydrogen) atoms. The number of aryl methyl sites for hydroxylation is 1. The maximum atomic E-state index is 13.5. The van der Waals surface area contributed by atoms with Crippen molar-refractivity contribution in [2.24, 2.45) is 5.92 Å². The van der Waals surface area contributed by atoms with Crippen LogP contribution in [0.3, 0.4) is 0 Å². The Bertz CT molecular complexity index is 1540. The topological polar surface area (TPSA) is 159 Å². The van der Waals surface area contributed by atoms with Crippen molar-refractivity contribution in [2.45, 2.75) is 84.0 Å². The summed E-state index contributed by atoms with van der Waals surface area (Å²) in [5, 5.41) is 14.6. The van der Waals surface area contributed by atoms with Gasteiger partial charge in [-0.15, -0.1) is 11.3 Å². The van der Waals surface area contributed by atoms with E-state index in [4.69, 9.17) is 4.42 Å². The highest BCUT2D eigenvalue weighted by molar-refractivity contribution is 7.09. The summed E-state index contributed by atoms with van der Waals surface area (Å²) in [4.78, 5) is 64.1. The number of amides is 4. The Kier molecular flexibility index (Phi) is 10.8. The predicted octanol–water partition coefficient (Wildman–Crippen LogP) is 3.46. The zero-order valence-electron chi connectivity index (χ0n) is 26.8. The van der Waals surface area contributed by atoms with Crippen LogP contribution in [0.2, 0.25) is 0 Å². The highest BCUT2D eigenvalue weighted by Gasteiger charge is 2.31. The van der Waals surface area contributed by atoms with Gasteiger partial charge in [0.15, 0.2) is 5.69 Å². The smallest absolute Gasteiger partial charge is 0.274 e. The summed E-state index contributed by atoms with van der Waals surface area (Å²) >= 11 is 1.30. The van der Waals surface area contributed by atoms with E-state index in [1.165, 1.54) is 11.3 Å². The molecule has 1 fully saturated rings. The van der Waals surface area contributed by atoms with E-state index in [-0.39, 0.29) is 66.0 Å². The summed E-state index contributed by atoms with van der Waals surface area (Å²) in [6, 6.07) is 8.58. The zero-order valence-corrected chi connectivity index (χ0v) is 27.6. The number of nitrogens with one attached hydrogen (secondary N) is 4. The van der Waals surface area contributed by atoms with Gasteiger partial charge >= 0.3 is 0 Å². The molecule has 4 amide bonds. The molecule has 2 aromatic heterocycles. The Balaban J connectivity index is 1.43. The van der Waals surface area contributed by atoms with E-state index in [0.29, 0.717) is 36.7 Å². The minimum Gasteiger partial charge on any atom is -0.443 e. The number of hydrogen-bond donors (Lipinski definition) is 4. The third kappa shape index (κ3) is 8.18. The molecule has 246 valence electrons. The molecule has 4 heterocycles. The van der Waals surface area contributed by atoms with Crippen LogP contribution in [0.4, 0.5) is 0 Å². The fourth-order valence-electron chi connectivity index (χ4n) is 5.85. The van der Waals surface area contributed by atoms with Crippen LogP contribution < -0.4 is 21.3 Å². The lowest BCUT2D eigenvalue weighted by molar-refractivity contribution is -0.133. The standard InChI is InChI=1S/C33H43N7O5S/c1-19(2)27-32-37-25(18-46-32)29(42)34-14-16-40(33(44)23-13-12-20(3)35-23)15-8-11-26(41)36-24(17-22-9-6-5-7-10-22)31-39-28(21(4)45-31)30(43)38-27/h5-7,9-10,18-20,23-24,27,35H,8,11-17H2,1-4H3,(H,34,42)(H,36,41)(H,38,43)/t20-,23-,24-,27?/m0/s1. The normalized spacial score (nSPS) is 23.5. The third-order valence-electron chi connectivity index (χ3n) is 8.40. The lowest BCUT2D eigenvalue weighted by Gasteiger charge is -2.26. The van der Waals surface area contributed by atoms with Crippen LogP contribution in [0.1, 0.15) is 102 Å². The maximum Gasteiger partial charge on any atom is 0.274 e. The van der Waals surface area contributed by atoms with Gasteiger partial charge in [0, 0.05) is 43.9 Å². The van der Waals surface area contributed by atoms with Gasteiger partial charge in [0.05, 0.1) is 12.1 Å². The molecule has 1 aromatic carbocycles. The lowest BCUT2D eigenvalue weighted by Crippen LogP contribution is -2.47. The number of rotatable bonds is 4. The third-order valence-corrected chi connectivity index (χ3v) is 9.33. The lowest BCUT2D eigenvalue weighted by atomic mass is 10.0. The van der Waals surface area contributed by atoms with Crippen LogP contribution in [0.25, 0.3) is 0 Å². The van der Waals surface area contributed by atoms with Crippen molar-refractivity contribution in [3.8, 4) is 0 Å². The van der Waals surface area contributed by atoms with Crippen molar-refractivity contribution in [1.29, 1.82) is 0 Å². The van der Waals surface area contributed by atoms with Crippen molar-refractivity contribution in [3.63, 3.8) is 0 Å². The minimum atomic E-state index is -0.611. The molecular formula is C33H43N7O5S. The fraction of sp³-hybridized carbons (Fsp3) is 0.515. The molecule has 2 aliphatic heterocycles. The summed E-state index contributed by atoms with van der Waals surface area (Å²) in [7, 11) is 0. The summed E-state index contributed by atoms with van der Waals surface area (Å²) in [5.41, 5.74) is 1.35. The van der Waals surface area contributed by atoms with Crippen LogP contribution in [-0.4, -0.2) is 70.2 Å². The number of oxazole rings is 1. The van der Waals surface area contributed by atoms with Gasteiger partial charge in [0.25, 0.3) is 11.8 Å². The van der Waals surface area contributed by atoms with Gasteiger partial charge in [-0.2, -0.15) is 0 Å². The molecule has 4 bridgehead atoms. The van der Waals surface area contributed by atoms with E-state index in [0.717, 1.165) is 18.4 Å². The number of benzene rings is 1. The molecule has 0 radical (unpaired) electrons. The van der Waals surface area contributed by atoms with Gasteiger partial charge in [0.1, 0.15) is 22.5 Å². The van der Waals surface area contributed by atoms with Crippen molar-refractivity contribution in [3.05, 3.63) is 69.3 Å². The average Bonchev–Trinajstić information content (AvgIpc) is 3.78. The molecule has 3 aromatic rings. The monoisotopic (exact) mass is 649 g/mol. The first kappa shape index (κ1) is 33.3. The van der Waals surface area contributed by atoms with Crippen LogP contribution in [0.15, 0.2) is 40.1 Å². The number of thiazole rings is 1. The molecular weight excluding hydrogens is 606 g/mol. The number of fused-ring (bicyclic) bond motifs is 4. The Morgan fingerprint density at radius 3 is 2.57 bits per heavy atom. The van der Waals surface area contributed by atoms with Crippen molar-refractivity contribution in [2.75, 3.05) is 19.6 Å². The molecule has 5 rings (SSSR count). The molecule has 4 N–H and O–H groups in total. The molecule has 0 spiro atoms. The highest BCUT2D eigenvalue weighted by Crippen LogP contribution is 2.27. The predicted molar refractivity (Wildman–Crippen MR) is 173 cm³/mol. The van der Waals surface area contributed by atoms with Crippen LogP contribution in [0, 0.1) is 12.8 Å². The second-order valence-corrected chi connectivity index (χ2v) is 13.3. The van der Waals surface area contributed by atoms with Crippen LogP contribution in [0.5, 0.6) is 0 Å². The number of nitrogens with zero attached hydrogens (tertiary/aromatic N) is 3. The first-order valence-corrected chi connectivity index (χ1v) is 16.9. The molecule has 1 saturated heterocycles. The summed E-state index contributed by atoms with van der Waals surface area (Å²) < 4.78 is 6.01. The van der Waals surface area contributed by atoms with Gasteiger partial charge < -0.3 is 30.6 Å². The van der Waals surface area contributed by atoms with Gasteiger partial charge in [-0.1, -0.05) is 44.2 Å². The van der Waals surface area contributed by atoms with Crippen molar-refractivity contribution < 1.29 is 23.6 Å². The zero-order chi connectivity index (χ0) is 32.8. The first-order valence-electron chi connectivity index (χ1n) is 16.0. The van der Waals surface area contributed by atoms with Gasteiger partial charge in [-0.3, -0.25) is 19.2 Å². The number of carbonyl (C=O) groups excluding carboxylic acids is 4. The maximum absolute atomic E-state index is 13.5. The summed E-state index contributed by atoms with van der Waals surface area (Å²) in [6.45, 7) is 8.55. The Hall–Kier alpha value is -4.10. The Morgan fingerprint density at radius 1 is 1.07 bits per heavy atom. The molecule has 12 nitrogen and oxygen atoms in total. The molecule has 2 aliphatic rings. The quantitative estimate of drug-likeness (QED) is 0.335. The second-order valence-electron chi connectivity index (χ2n) is 12.4. The number of aromatic nitrogens is 2. The minimum absolute atomic E-state index is 0.0302. The molecule has 0 saturated carbocycles. The summed E-state index contributed by atoms with van der Waals surface area (Å²) in [5.74, 6) is -0.499.